The van der Waals surface area contributed by atoms with Crippen LogP contribution >= 0.6 is 11.6 Å². The predicted molar refractivity (Wildman–Crippen MR) is 92.2 cm³/mol. The van der Waals surface area contributed by atoms with Crippen LogP contribution in [0.2, 0.25) is 5.02 Å². The van der Waals surface area contributed by atoms with Crippen LogP contribution in [0, 0.1) is 6.92 Å². The molecule has 0 aliphatic heterocycles. The summed E-state index contributed by atoms with van der Waals surface area (Å²) in [6.45, 7) is 6.95. The highest BCUT2D eigenvalue weighted by molar-refractivity contribution is 6.31. The van der Waals surface area contributed by atoms with Gasteiger partial charge in [0.1, 0.15) is 0 Å². The van der Waals surface area contributed by atoms with Gasteiger partial charge in [-0.1, -0.05) is 54.9 Å². The van der Waals surface area contributed by atoms with Gasteiger partial charge in [0, 0.05) is 30.3 Å². The highest BCUT2D eigenvalue weighted by Crippen LogP contribution is 2.20. The molecule has 0 radical (unpaired) electrons. The zero-order valence-corrected chi connectivity index (χ0v) is 13.5. The van der Waals surface area contributed by atoms with E-state index in [9.17, 15) is 0 Å². The molecule has 2 nitrogen and oxygen atoms in total. The van der Waals surface area contributed by atoms with Crippen molar-refractivity contribution >= 4 is 17.3 Å². The van der Waals surface area contributed by atoms with Crippen LogP contribution in [0.1, 0.15) is 23.6 Å². The Balaban J connectivity index is 1.79. The molecule has 0 unspecified atom stereocenters. The first-order valence-corrected chi connectivity index (χ1v) is 7.86. The Hall–Kier alpha value is -1.51. The van der Waals surface area contributed by atoms with Crippen LogP contribution in [0.25, 0.3) is 0 Å². The van der Waals surface area contributed by atoms with Crippen molar-refractivity contribution in [1.29, 1.82) is 0 Å². The van der Waals surface area contributed by atoms with E-state index in [0.717, 1.165) is 36.6 Å². The van der Waals surface area contributed by atoms with Crippen molar-refractivity contribution in [2.24, 2.45) is 0 Å². The molecular formula is C18H23ClN2. The molecule has 0 heterocycles. The third-order valence-corrected chi connectivity index (χ3v) is 3.99. The van der Waals surface area contributed by atoms with Gasteiger partial charge in [-0.25, -0.2) is 0 Å². The molecule has 112 valence electrons. The Kier molecular flexibility index (Phi) is 6.09. The summed E-state index contributed by atoms with van der Waals surface area (Å²) in [6, 6.07) is 14.4. The van der Waals surface area contributed by atoms with Gasteiger partial charge in [0.25, 0.3) is 0 Å². The van der Waals surface area contributed by atoms with Crippen LogP contribution < -0.4 is 10.6 Å². The van der Waals surface area contributed by atoms with Gasteiger partial charge < -0.3 is 10.6 Å². The van der Waals surface area contributed by atoms with Crippen LogP contribution in [0.3, 0.4) is 0 Å². The number of rotatable bonds is 7. The highest BCUT2D eigenvalue weighted by Gasteiger charge is 2.03. The summed E-state index contributed by atoms with van der Waals surface area (Å²) < 4.78 is 0. The third-order valence-electron chi connectivity index (χ3n) is 3.62. The van der Waals surface area contributed by atoms with Crippen molar-refractivity contribution in [3.05, 3.63) is 64.2 Å². The van der Waals surface area contributed by atoms with Gasteiger partial charge in [0.2, 0.25) is 0 Å². The maximum absolute atomic E-state index is 6.14. The summed E-state index contributed by atoms with van der Waals surface area (Å²) in [6.07, 6.45) is 1.05. The first kappa shape index (κ1) is 15.9. The summed E-state index contributed by atoms with van der Waals surface area (Å²) in [5, 5.41) is 7.78. The van der Waals surface area contributed by atoms with Gasteiger partial charge in [-0.3, -0.25) is 0 Å². The lowest BCUT2D eigenvalue weighted by Gasteiger charge is -2.14. The van der Waals surface area contributed by atoms with Gasteiger partial charge in [-0.15, -0.1) is 0 Å². The maximum Gasteiger partial charge on any atom is 0.0450 e. The normalized spacial score (nSPS) is 10.6. The van der Waals surface area contributed by atoms with E-state index in [-0.39, 0.29) is 0 Å². The Morgan fingerprint density at radius 1 is 0.952 bits per heavy atom. The Morgan fingerprint density at radius 2 is 1.71 bits per heavy atom. The lowest BCUT2D eigenvalue weighted by Crippen LogP contribution is -2.22. The number of halogens is 1. The molecule has 0 saturated carbocycles. The average molecular weight is 303 g/mol. The molecule has 0 amide bonds. The van der Waals surface area contributed by atoms with Crippen LogP contribution in [-0.4, -0.2) is 13.1 Å². The zero-order chi connectivity index (χ0) is 15.1. The summed E-state index contributed by atoms with van der Waals surface area (Å²) in [4.78, 5) is 0. The SMILES string of the molecule is CCc1cccc(C)c1NCCNCc1ccccc1Cl. The summed E-state index contributed by atoms with van der Waals surface area (Å²) in [7, 11) is 0. The summed E-state index contributed by atoms with van der Waals surface area (Å²) >= 11 is 6.14. The Morgan fingerprint density at radius 3 is 2.48 bits per heavy atom. The minimum Gasteiger partial charge on any atom is -0.383 e. The number of para-hydroxylation sites is 1. The minimum absolute atomic E-state index is 0.801. The number of hydrogen-bond donors (Lipinski definition) is 2. The van der Waals surface area contributed by atoms with E-state index < -0.39 is 0 Å². The average Bonchev–Trinajstić information content (AvgIpc) is 2.50. The maximum atomic E-state index is 6.14. The van der Waals surface area contributed by atoms with Crippen molar-refractivity contribution in [1.82, 2.24) is 5.32 Å². The highest BCUT2D eigenvalue weighted by atomic mass is 35.5. The molecule has 3 heteroatoms. The number of anilines is 1. The van der Waals surface area contributed by atoms with Crippen molar-refractivity contribution in [2.45, 2.75) is 26.8 Å². The summed E-state index contributed by atoms with van der Waals surface area (Å²) in [5.41, 5.74) is 5.10. The molecule has 0 spiro atoms. The minimum atomic E-state index is 0.801. The van der Waals surface area contributed by atoms with E-state index >= 15 is 0 Å². The van der Waals surface area contributed by atoms with E-state index in [1.807, 2.05) is 18.2 Å². The number of aryl methyl sites for hydroxylation is 2. The van der Waals surface area contributed by atoms with E-state index in [4.69, 9.17) is 11.6 Å². The fourth-order valence-corrected chi connectivity index (χ4v) is 2.62. The number of nitrogens with one attached hydrogen (secondary N) is 2. The quantitative estimate of drug-likeness (QED) is 0.740. The van der Waals surface area contributed by atoms with Crippen molar-refractivity contribution in [3.8, 4) is 0 Å². The molecular weight excluding hydrogens is 280 g/mol. The van der Waals surface area contributed by atoms with Gasteiger partial charge in [-0.2, -0.15) is 0 Å². The smallest absolute Gasteiger partial charge is 0.0450 e. The Bertz CT molecular complexity index is 581. The summed E-state index contributed by atoms with van der Waals surface area (Å²) in [5.74, 6) is 0. The first-order valence-electron chi connectivity index (χ1n) is 7.49. The molecule has 0 fully saturated rings. The second-order valence-electron chi connectivity index (χ2n) is 5.16. The molecule has 2 N–H and O–H groups in total. The van der Waals surface area contributed by atoms with Gasteiger partial charge >= 0.3 is 0 Å². The second-order valence-corrected chi connectivity index (χ2v) is 5.56. The molecule has 2 aromatic rings. The fraction of sp³-hybridized carbons (Fsp3) is 0.333. The van der Waals surface area contributed by atoms with E-state index in [1.165, 1.54) is 16.8 Å². The molecule has 0 aliphatic carbocycles. The van der Waals surface area contributed by atoms with Gasteiger partial charge in [0.05, 0.1) is 0 Å². The Labute approximate surface area is 132 Å². The first-order chi connectivity index (χ1) is 10.2. The van der Waals surface area contributed by atoms with Crippen LogP contribution in [0.15, 0.2) is 42.5 Å². The molecule has 2 aromatic carbocycles. The fourth-order valence-electron chi connectivity index (χ4n) is 2.42. The molecule has 0 atom stereocenters. The molecule has 21 heavy (non-hydrogen) atoms. The molecule has 0 saturated heterocycles. The third kappa shape index (κ3) is 4.48. The lowest BCUT2D eigenvalue weighted by atomic mass is 10.1. The molecule has 0 bridgehead atoms. The standard InChI is InChI=1S/C18H23ClN2/c1-3-15-9-6-7-14(2)18(15)21-12-11-20-13-16-8-4-5-10-17(16)19/h4-10,20-21H,3,11-13H2,1-2H3. The molecule has 0 aliphatic rings. The van der Waals surface area contributed by atoms with E-state index in [1.54, 1.807) is 0 Å². The van der Waals surface area contributed by atoms with E-state index in [2.05, 4.69) is 48.7 Å². The van der Waals surface area contributed by atoms with Crippen LogP contribution in [0.5, 0.6) is 0 Å². The monoisotopic (exact) mass is 302 g/mol. The van der Waals surface area contributed by atoms with Gasteiger partial charge in [-0.05, 0) is 36.1 Å². The van der Waals surface area contributed by atoms with E-state index in [0.29, 0.717) is 0 Å². The topological polar surface area (TPSA) is 24.1 Å². The second kappa shape index (κ2) is 8.06. The van der Waals surface area contributed by atoms with Crippen LogP contribution in [0.4, 0.5) is 5.69 Å². The van der Waals surface area contributed by atoms with Gasteiger partial charge in [0.15, 0.2) is 0 Å². The van der Waals surface area contributed by atoms with Crippen molar-refractivity contribution < 1.29 is 0 Å². The van der Waals surface area contributed by atoms with Crippen LogP contribution in [-0.2, 0) is 13.0 Å². The molecule has 2 rings (SSSR count). The predicted octanol–water partition coefficient (Wildman–Crippen LogP) is 4.41. The number of hydrogen-bond acceptors (Lipinski definition) is 2. The lowest BCUT2D eigenvalue weighted by molar-refractivity contribution is 0.706. The molecule has 0 aromatic heterocycles. The van der Waals surface area contributed by atoms with Crippen molar-refractivity contribution in [2.75, 3.05) is 18.4 Å². The zero-order valence-electron chi connectivity index (χ0n) is 12.7. The van der Waals surface area contributed by atoms with Crippen molar-refractivity contribution in [3.63, 3.8) is 0 Å². The number of benzene rings is 2. The largest absolute Gasteiger partial charge is 0.383 e.